The first-order chi connectivity index (χ1) is 7.99. The summed E-state index contributed by atoms with van der Waals surface area (Å²) in [6.07, 6.45) is 2.49. The fourth-order valence-corrected chi connectivity index (χ4v) is 1.58. The van der Waals surface area contributed by atoms with Crippen molar-refractivity contribution in [1.82, 2.24) is 0 Å². The van der Waals surface area contributed by atoms with Gasteiger partial charge in [0, 0.05) is 7.11 Å². The molecule has 0 heterocycles. The molecule has 0 aromatic heterocycles. The quantitative estimate of drug-likeness (QED) is 0.751. The van der Waals surface area contributed by atoms with Crippen LogP contribution < -0.4 is 4.74 Å². The molecule has 1 rings (SSSR count). The van der Waals surface area contributed by atoms with Crippen LogP contribution in [-0.2, 0) is 16.6 Å². The van der Waals surface area contributed by atoms with E-state index in [1.807, 2.05) is 12.1 Å². The molecule has 0 N–H and O–H groups in total. The molecule has 0 aliphatic heterocycles. The van der Waals surface area contributed by atoms with Gasteiger partial charge in [-0.1, -0.05) is 32.9 Å². The predicted octanol–water partition coefficient (Wildman–Crippen LogP) is 3.03. The Morgan fingerprint density at radius 1 is 1.29 bits per heavy atom. The molecule has 1 aromatic rings. The summed E-state index contributed by atoms with van der Waals surface area (Å²) in [6.45, 7) is 7.02. The average molecular weight is 233 g/mol. The fourth-order valence-electron chi connectivity index (χ4n) is 1.58. The minimum atomic E-state index is 0.0490. The number of nitriles is 1. The highest BCUT2D eigenvalue weighted by Crippen LogP contribution is 2.28. The highest BCUT2D eigenvalue weighted by atomic mass is 16.5. The number of ether oxygens (including phenoxy) is 2. The van der Waals surface area contributed by atoms with Crippen LogP contribution in [0.25, 0.3) is 0 Å². The summed E-state index contributed by atoms with van der Waals surface area (Å²) in [6, 6.07) is 6.02. The topological polar surface area (TPSA) is 42.2 Å². The van der Waals surface area contributed by atoms with E-state index in [-0.39, 0.29) is 5.41 Å². The van der Waals surface area contributed by atoms with Crippen LogP contribution >= 0.6 is 0 Å². The molecule has 17 heavy (non-hydrogen) atoms. The van der Waals surface area contributed by atoms with E-state index in [1.54, 1.807) is 13.4 Å². The van der Waals surface area contributed by atoms with E-state index in [0.717, 1.165) is 17.5 Å². The Hall–Kier alpha value is -1.53. The van der Waals surface area contributed by atoms with Crippen LogP contribution in [0, 0.1) is 11.5 Å². The highest BCUT2D eigenvalue weighted by Gasteiger charge is 2.16. The number of methoxy groups -OCH3 is 1. The Bertz CT molecular complexity index is 413. The molecule has 0 atom stereocenters. The summed E-state index contributed by atoms with van der Waals surface area (Å²) in [5.74, 6) is 0.636. The van der Waals surface area contributed by atoms with Crippen molar-refractivity contribution in [2.24, 2.45) is 0 Å². The van der Waals surface area contributed by atoms with Crippen molar-refractivity contribution in [3.8, 4) is 12.0 Å². The maximum Gasteiger partial charge on any atom is 0.292 e. The zero-order valence-corrected chi connectivity index (χ0v) is 10.9. The average Bonchev–Trinajstić information content (AvgIpc) is 2.26. The van der Waals surface area contributed by atoms with Crippen molar-refractivity contribution in [2.45, 2.75) is 32.6 Å². The molecular weight excluding hydrogens is 214 g/mol. The Morgan fingerprint density at radius 3 is 2.53 bits per heavy atom. The minimum Gasteiger partial charge on any atom is -0.388 e. The summed E-state index contributed by atoms with van der Waals surface area (Å²) in [5, 5.41) is 8.66. The van der Waals surface area contributed by atoms with Crippen molar-refractivity contribution in [3.05, 3.63) is 29.3 Å². The van der Waals surface area contributed by atoms with Crippen LogP contribution in [0.2, 0.25) is 0 Å². The zero-order valence-electron chi connectivity index (χ0n) is 10.9. The second-order valence-corrected chi connectivity index (χ2v) is 5.01. The SMILES string of the molecule is COCCc1ccc(C(C)(C)C)cc1OC#N. The molecule has 3 nitrogen and oxygen atoms in total. The monoisotopic (exact) mass is 233 g/mol. The second-order valence-electron chi connectivity index (χ2n) is 5.01. The van der Waals surface area contributed by atoms with Gasteiger partial charge in [0.1, 0.15) is 5.75 Å². The largest absolute Gasteiger partial charge is 0.388 e. The van der Waals surface area contributed by atoms with E-state index in [9.17, 15) is 0 Å². The summed E-state index contributed by atoms with van der Waals surface area (Å²) in [5.41, 5.74) is 2.21. The first kappa shape index (κ1) is 13.5. The van der Waals surface area contributed by atoms with Gasteiger partial charge in [-0.2, -0.15) is 0 Å². The molecule has 0 aliphatic rings. The Kier molecular flexibility index (Phi) is 4.53. The van der Waals surface area contributed by atoms with Crippen LogP contribution in [-0.4, -0.2) is 13.7 Å². The molecule has 0 saturated heterocycles. The van der Waals surface area contributed by atoms with Gasteiger partial charge < -0.3 is 9.47 Å². The molecule has 0 bridgehead atoms. The number of hydrogen-bond acceptors (Lipinski definition) is 3. The van der Waals surface area contributed by atoms with E-state index in [2.05, 4.69) is 26.8 Å². The molecule has 92 valence electrons. The molecule has 0 saturated carbocycles. The van der Waals surface area contributed by atoms with E-state index in [4.69, 9.17) is 14.7 Å². The first-order valence-corrected chi connectivity index (χ1v) is 5.67. The maximum atomic E-state index is 8.66. The maximum absolute atomic E-state index is 8.66. The van der Waals surface area contributed by atoms with E-state index in [0.29, 0.717) is 12.4 Å². The number of benzene rings is 1. The third kappa shape index (κ3) is 3.76. The van der Waals surface area contributed by atoms with Crippen molar-refractivity contribution in [3.63, 3.8) is 0 Å². The van der Waals surface area contributed by atoms with Gasteiger partial charge in [-0.25, -0.2) is 0 Å². The summed E-state index contributed by atoms with van der Waals surface area (Å²) in [7, 11) is 1.66. The van der Waals surface area contributed by atoms with Gasteiger partial charge in [0.25, 0.3) is 6.26 Å². The van der Waals surface area contributed by atoms with Gasteiger partial charge >= 0.3 is 0 Å². The zero-order chi connectivity index (χ0) is 12.9. The van der Waals surface area contributed by atoms with Gasteiger partial charge in [-0.05, 0) is 29.0 Å². The molecule has 0 aliphatic carbocycles. The number of rotatable bonds is 4. The molecule has 0 radical (unpaired) electrons. The third-order valence-electron chi connectivity index (χ3n) is 2.66. The lowest BCUT2D eigenvalue weighted by Gasteiger charge is -2.20. The van der Waals surface area contributed by atoms with Crippen LogP contribution in [0.1, 0.15) is 31.9 Å². The van der Waals surface area contributed by atoms with Crippen LogP contribution in [0.4, 0.5) is 0 Å². The van der Waals surface area contributed by atoms with Crippen molar-refractivity contribution < 1.29 is 9.47 Å². The van der Waals surface area contributed by atoms with E-state index >= 15 is 0 Å². The summed E-state index contributed by atoms with van der Waals surface area (Å²) < 4.78 is 10.1. The normalized spacial score (nSPS) is 11.0. The Morgan fingerprint density at radius 2 is 2.00 bits per heavy atom. The summed E-state index contributed by atoms with van der Waals surface area (Å²) >= 11 is 0. The molecule has 3 heteroatoms. The molecule has 1 aromatic carbocycles. The van der Waals surface area contributed by atoms with E-state index in [1.165, 1.54) is 0 Å². The predicted molar refractivity (Wildman–Crippen MR) is 67.0 cm³/mol. The lowest BCUT2D eigenvalue weighted by molar-refractivity contribution is 0.201. The fraction of sp³-hybridized carbons (Fsp3) is 0.500. The van der Waals surface area contributed by atoms with Gasteiger partial charge in [-0.3, -0.25) is 0 Å². The number of hydrogen-bond donors (Lipinski definition) is 0. The Balaban J connectivity index is 3.04. The van der Waals surface area contributed by atoms with Gasteiger partial charge in [0.2, 0.25) is 0 Å². The number of nitrogens with zero attached hydrogens (tertiary/aromatic N) is 1. The summed E-state index contributed by atoms with van der Waals surface area (Å²) in [4.78, 5) is 0. The lowest BCUT2D eigenvalue weighted by atomic mass is 9.86. The standard InChI is InChI=1S/C14H19NO2/c1-14(2,3)12-6-5-11(7-8-16-4)13(9-12)17-10-15/h5-6,9H,7-8H2,1-4H3. The molecule has 0 fully saturated rings. The first-order valence-electron chi connectivity index (χ1n) is 5.67. The van der Waals surface area contributed by atoms with Gasteiger partial charge in [-0.15, -0.1) is 5.26 Å². The van der Waals surface area contributed by atoms with Crippen molar-refractivity contribution in [2.75, 3.05) is 13.7 Å². The third-order valence-corrected chi connectivity index (χ3v) is 2.66. The van der Waals surface area contributed by atoms with Crippen molar-refractivity contribution >= 4 is 0 Å². The van der Waals surface area contributed by atoms with Gasteiger partial charge in [0.15, 0.2) is 0 Å². The highest BCUT2D eigenvalue weighted by molar-refractivity contribution is 5.40. The minimum absolute atomic E-state index is 0.0490. The van der Waals surface area contributed by atoms with Crippen LogP contribution in [0.15, 0.2) is 18.2 Å². The van der Waals surface area contributed by atoms with Crippen molar-refractivity contribution in [1.29, 1.82) is 5.26 Å². The Labute approximate surface area is 103 Å². The molecule has 0 unspecified atom stereocenters. The molecule has 0 amide bonds. The van der Waals surface area contributed by atoms with Gasteiger partial charge in [0.05, 0.1) is 6.61 Å². The molecular formula is C14H19NO2. The smallest absolute Gasteiger partial charge is 0.292 e. The second kappa shape index (κ2) is 5.70. The lowest BCUT2D eigenvalue weighted by Crippen LogP contribution is -2.11. The molecule has 0 spiro atoms. The van der Waals surface area contributed by atoms with Crippen LogP contribution in [0.5, 0.6) is 5.75 Å². The van der Waals surface area contributed by atoms with Crippen LogP contribution in [0.3, 0.4) is 0 Å². The van der Waals surface area contributed by atoms with E-state index < -0.39 is 0 Å².